The summed E-state index contributed by atoms with van der Waals surface area (Å²) in [5.74, 6) is 3.02. The molecule has 5 nitrogen and oxygen atoms in total. The van der Waals surface area contributed by atoms with Crippen molar-refractivity contribution in [2.45, 2.75) is 19.4 Å². The maximum absolute atomic E-state index is 5.91. The van der Waals surface area contributed by atoms with Crippen LogP contribution in [0.5, 0.6) is 23.0 Å². The van der Waals surface area contributed by atoms with E-state index in [1.165, 1.54) is 11.1 Å². The van der Waals surface area contributed by atoms with E-state index in [2.05, 4.69) is 27.3 Å². The third-order valence-electron chi connectivity index (χ3n) is 4.62. The topological polar surface area (TPSA) is 49.0 Å². The second-order valence-corrected chi connectivity index (χ2v) is 6.82. The van der Waals surface area contributed by atoms with E-state index in [4.69, 9.17) is 18.9 Å². The van der Waals surface area contributed by atoms with Gasteiger partial charge in [0.1, 0.15) is 0 Å². The molecule has 1 unspecified atom stereocenters. The summed E-state index contributed by atoms with van der Waals surface area (Å²) in [7, 11) is 4.96. The highest BCUT2D eigenvalue weighted by atomic mass is 79.9. The fraction of sp³-hybridized carbons (Fsp3) is 0.400. The smallest absolute Gasteiger partial charge is 0.164 e. The van der Waals surface area contributed by atoms with Crippen molar-refractivity contribution in [1.29, 1.82) is 0 Å². The molecule has 0 saturated carbocycles. The van der Waals surface area contributed by atoms with Crippen LogP contribution < -0.4 is 24.3 Å². The van der Waals surface area contributed by atoms with Crippen LogP contribution in [0.3, 0.4) is 0 Å². The first kappa shape index (κ1) is 18.9. The van der Waals surface area contributed by atoms with E-state index in [-0.39, 0.29) is 6.04 Å². The van der Waals surface area contributed by atoms with Gasteiger partial charge >= 0.3 is 0 Å². The van der Waals surface area contributed by atoms with Crippen LogP contribution >= 0.6 is 15.9 Å². The van der Waals surface area contributed by atoms with Crippen LogP contribution in [0.15, 0.2) is 28.7 Å². The number of rotatable bonds is 6. The zero-order valence-corrected chi connectivity index (χ0v) is 17.1. The second-order valence-electron chi connectivity index (χ2n) is 5.96. The van der Waals surface area contributed by atoms with Gasteiger partial charge in [-0.1, -0.05) is 22.0 Å². The highest BCUT2D eigenvalue weighted by Crippen LogP contribution is 2.43. The van der Waals surface area contributed by atoms with Gasteiger partial charge in [-0.2, -0.15) is 0 Å². The Hall–Kier alpha value is -1.92. The summed E-state index contributed by atoms with van der Waals surface area (Å²) in [6.45, 7) is 3.44. The van der Waals surface area contributed by atoms with Gasteiger partial charge in [-0.25, -0.2) is 0 Å². The molecule has 1 aliphatic rings. The zero-order valence-electron chi connectivity index (χ0n) is 15.5. The lowest BCUT2D eigenvalue weighted by molar-refractivity contribution is 0.305. The van der Waals surface area contributed by atoms with Crippen molar-refractivity contribution in [1.82, 2.24) is 5.32 Å². The van der Waals surface area contributed by atoms with Crippen molar-refractivity contribution in [2.24, 2.45) is 0 Å². The van der Waals surface area contributed by atoms with Crippen LogP contribution in [0, 0.1) is 0 Å². The number of hydrogen-bond donors (Lipinski definition) is 1. The van der Waals surface area contributed by atoms with Gasteiger partial charge in [0.2, 0.25) is 0 Å². The number of methoxy groups -OCH3 is 3. The molecule has 1 heterocycles. The molecule has 0 spiro atoms. The van der Waals surface area contributed by atoms with E-state index < -0.39 is 0 Å². The maximum atomic E-state index is 5.91. The van der Waals surface area contributed by atoms with E-state index in [1.54, 1.807) is 21.3 Å². The number of nitrogens with one attached hydrogen (secondary N) is 1. The first-order valence-corrected chi connectivity index (χ1v) is 9.41. The highest BCUT2D eigenvalue weighted by Gasteiger charge is 2.28. The zero-order chi connectivity index (χ0) is 18.7. The van der Waals surface area contributed by atoms with Crippen molar-refractivity contribution in [3.05, 3.63) is 45.4 Å². The summed E-state index contributed by atoms with van der Waals surface area (Å²) < 4.78 is 23.3. The SMILES string of the molecule is CCOc1c(OC)ccc2c1CCNC2c1cc(OC)c(OC)cc1Br. The van der Waals surface area contributed by atoms with Gasteiger partial charge in [-0.15, -0.1) is 0 Å². The Balaban J connectivity index is 2.12. The van der Waals surface area contributed by atoms with E-state index in [0.717, 1.165) is 34.5 Å². The molecular weight excluding hydrogens is 398 g/mol. The molecule has 0 aliphatic carbocycles. The molecule has 0 fully saturated rings. The molecule has 1 atom stereocenters. The Labute approximate surface area is 162 Å². The molecule has 140 valence electrons. The van der Waals surface area contributed by atoms with Gasteiger partial charge in [0, 0.05) is 16.6 Å². The summed E-state index contributed by atoms with van der Waals surface area (Å²) in [5.41, 5.74) is 3.47. The van der Waals surface area contributed by atoms with Crippen LogP contribution in [0.4, 0.5) is 0 Å². The lowest BCUT2D eigenvalue weighted by atomic mass is 9.88. The predicted molar refractivity (Wildman–Crippen MR) is 105 cm³/mol. The van der Waals surface area contributed by atoms with Crippen molar-refractivity contribution in [3.8, 4) is 23.0 Å². The van der Waals surface area contributed by atoms with Crippen LogP contribution in [-0.4, -0.2) is 34.5 Å². The fourth-order valence-corrected chi connectivity index (χ4v) is 3.98. The van der Waals surface area contributed by atoms with E-state index in [9.17, 15) is 0 Å². The largest absolute Gasteiger partial charge is 0.493 e. The summed E-state index contributed by atoms with van der Waals surface area (Å²) in [4.78, 5) is 0. The van der Waals surface area contributed by atoms with Gasteiger partial charge < -0.3 is 24.3 Å². The number of ether oxygens (including phenoxy) is 4. The van der Waals surface area contributed by atoms with Crippen molar-refractivity contribution in [3.63, 3.8) is 0 Å². The van der Waals surface area contributed by atoms with Gasteiger partial charge in [0.15, 0.2) is 23.0 Å². The van der Waals surface area contributed by atoms with Gasteiger partial charge in [0.25, 0.3) is 0 Å². The van der Waals surface area contributed by atoms with Crippen LogP contribution in [0.1, 0.15) is 29.7 Å². The van der Waals surface area contributed by atoms with E-state index in [0.29, 0.717) is 18.1 Å². The summed E-state index contributed by atoms with van der Waals surface area (Å²) in [6, 6.07) is 8.06. The maximum Gasteiger partial charge on any atom is 0.164 e. The fourth-order valence-electron chi connectivity index (χ4n) is 3.43. The average molecular weight is 422 g/mol. The summed E-state index contributed by atoms with van der Waals surface area (Å²) >= 11 is 3.68. The first-order chi connectivity index (χ1) is 12.6. The Morgan fingerprint density at radius 3 is 2.35 bits per heavy atom. The molecule has 2 aromatic rings. The van der Waals surface area contributed by atoms with Gasteiger partial charge in [-0.05, 0) is 42.7 Å². The van der Waals surface area contributed by atoms with E-state index >= 15 is 0 Å². The normalized spacial score (nSPS) is 16.0. The first-order valence-electron chi connectivity index (χ1n) is 8.61. The molecule has 26 heavy (non-hydrogen) atoms. The van der Waals surface area contributed by atoms with Crippen molar-refractivity contribution >= 4 is 15.9 Å². The molecule has 3 rings (SSSR count). The average Bonchev–Trinajstić information content (AvgIpc) is 2.67. The van der Waals surface area contributed by atoms with Crippen molar-refractivity contribution in [2.75, 3.05) is 34.5 Å². The number of hydrogen-bond acceptors (Lipinski definition) is 5. The minimum atomic E-state index is 0.0260. The molecule has 1 N–H and O–H groups in total. The monoisotopic (exact) mass is 421 g/mol. The van der Waals surface area contributed by atoms with E-state index in [1.807, 2.05) is 25.1 Å². The van der Waals surface area contributed by atoms with Gasteiger partial charge in [-0.3, -0.25) is 0 Å². The quantitative estimate of drug-likeness (QED) is 0.760. The highest BCUT2D eigenvalue weighted by molar-refractivity contribution is 9.10. The molecule has 0 bridgehead atoms. The predicted octanol–water partition coefficient (Wildman–Crippen LogP) is 4.11. The Bertz CT molecular complexity index is 794. The van der Waals surface area contributed by atoms with Crippen molar-refractivity contribution < 1.29 is 18.9 Å². The molecule has 1 aliphatic heterocycles. The Kier molecular flexibility index (Phi) is 5.94. The molecule has 0 saturated heterocycles. The number of benzene rings is 2. The van der Waals surface area contributed by atoms with Crippen LogP contribution in [0.2, 0.25) is 0 Å². The lowest BCUT2D eigenvalue weighted by Gasteiger charge is -2.30. The Morgan fingerprint density at radius 2 is 1.69 bits per heavy atom. The Morgan fingerprint density at radius 1 is 1.00 bits per heavy atom. The molecule has 0 amide bonds. The third-order valence-corrected chi connectivity index (χ3v) is 5.30. The minimum absolute atomic E-state index is 0.0260. The van der Waals surface area contributed by atoms with Crippen LogP contribution in [0.25, 0.3) is 0 Å². The molecule has 2 aromatic carbocycles. The summed E-state index contributed by atoms with van der Waals surface area (Å²) in [6.07, 6.45) is 0.892. The molecule has 0 radical (unpaired) electrons. The number of halogens is 1. The summed E-state index contributed by atoms with van der Waals surface area (Å²) in [5, 5.41) is 3.61. The van der Waals surface area contributed by atoms with Gasteiger partial charge in [0.05, 0.1) is 34.0 Å². The number of fused-ring (bicyclic) bond motifs is 1. The minimum Gasteiger partial charge on any atom is -0.493 e. The third kappa shape index (κ3) is 3.35. The molecular formula is C20H24BrNO4. The molecule has 6 heteroatoms. The standard InChI is InChI=1S/C20H24BrNO4/c1-5-26-20-13-8-9-22-19(12(13)6-7-16(20)23-2)14-10-17(24-3)18(25-4)11-15(14)21/h6-7,10-11,19,22H,5,8-9H2,1-4H3. The molecule has 0 aromatic heterocycles. The van der Waals surface area contributed by atoms with Crippen LogP contribution in [-0.2, 0) is 6.42 Å². The lowest BCUT2D eigenvalue weighted by Crippen LogP contribution is -2.31. The second kappa shape index (κ2) is 8.18.